The van der Waals surface area contributed by atoms with Gasteiger partial charge in [0.2, 0.25) is 0 Å². The quantitative estimate of drug-likeness (QED) is 0.569. The molecule has 1 aliphatic heterocycles. The van der Waals surface area contributed by atoms with Crippen LogP contribution in [-0.2, 0) is 0 Å². The minimum atomic E-state index is -0.381. The van der Waals surface area contributed by atoms with E-state index in [2.05, 4.69) is 5.10 Å². The van der Waals surface area contributed by atoms with Crippen LogP contribution in [0.2, 0.25) is 10.0 Å². The molecular weight excluding hydrogens is 409 g/mol. The van der Waals surface area contributed by atoms with Gasteiger partial charge < -0.3 is 4.90 Å². The van der Waals surface area contributed by atoms with Crippen molar-refractivity contribution < 1.29 is 4.79 Å². The van der Waals surface area contributed by atoms with E-state index in [0.29, 0.717) is 42.3 Å². The Balaban J connectivity index is 1.50. The third kappa shape index (κ3) is 4.07. The van der Waals surface area contributed by atoms with Crippen molar-refractivity contribution in [3.8, 4) is 5.69 Å². The average molecular weight is 428 g/mol. The summed E-state index contributed by atoms with van der Waals surface area (Å²) in [7, 11) is 0. The molecule has 1 aliphatic rings. The monoisotopic (exact) mass is 427 g/mol. The van der Waals surface area contributed by atoms with E-state index in [1.54, 1.807) is 30.5 Å². The normalized spacial score (nSPS) is 14.8. The van der Waals surface area contributed by atoms with Gasteiger partial charge in [-0.15, -0.1) is 0 Å². The van der Waals surface area contributed by atoms with Gasteiger partial charge in [-0.1, -0.05) is 53.5 Å². The third-order valence-electron chi connectivity index (χ3n) is 5.24. The molecule has 7 heteroatoms. The minimum absolute atomic E-state index is 0.0187. The van der Waals surface area contributed by atoms with Gasteiger partial charge in [-0.25, -0.2) is 0 Å². The molecule has 0 atom stereocenters. The zero-order valence-electron chi connectivity index (χ0n) is 15.6. The molecule has 0 bridgehead atoms. The summed E-state index contributed by atoms with van der Waals surface area (Å²) in [6.45, 7) is 1.30. The maximum atomic E-state index is 12.7. The van der Waals surface area contributed by atoms with Crippen LogP contribution in [0.3, 0.4) is 0 Å². The molecule has 4 rings (SSSR count). The molecule has 2 heterocycles. The Kier molecular flexibility index (Phi) is 5.69. The van der Waals surface area contributed by atoms with Gasteiger partial charge in [0.1, 0.15) is 5.02 Å². The summed E-state index contributed by atoms with van der Waals surface area (Å²) in [6.07, 6.45) is 3.03. The summed E-state index contributed by atoms with van der Waals surface area (Å²) in [5.74, 6) is 0.155. The number of rotatable bonds is 4. The number of Topliss-reactive ketones (excluding diaryl/α,β-unsaturated/α-hetero) is 1. The summed E-state index contributed by atoms with van der Waals surface area (Å²) in [5.41, 5.74) is 1.57. The highest BCUT2D eigenvalue weighted by atomic mass is 35.5. The van der Waals surface area contributed by atoms with E-state index in [1.807, 2.05) is 35.2 Å². The smallest absolute Gasteiger partial charge is 0.292 e. The number of aromatic nitrogens is 2. The van der Waals surface area contributed by atoms with E-state index >= 15 is 0 Å². The van der Waals surface area contributed by atoms with Crippen LogP contribution in [0.5, 0.6) is 0 Å². The zero-order chi connectivity index (χ0) is 20.4. The molecule has 1 aromatic heterocycles. The van der Waals surface area contributed by atoms with E-state index < -0.39 is 0 Å². The van der Waals surface area contributed by atoms with Crippen molar-refractivity contribution in [2.75, 3.05) is 18.0 Å². The van der Waals surface area contributed by atoms with Crippen LogP contribution in [-0.4, -0.2) is 28.7 Å². The number of nitrogens with zero attached hydrogens (tertiary/aromatic N) is 3. The lowest BCUT2D eigenvalue weighted by molar-refractivity contribution is 0.0900. The standard InChI is InChI=1S/C22H19Cl2N3O2/c23-17-6-8-18(9-7-17)27-22(29)20(24)19(14-25-27)26-12-10-16(11-13-26)21(28)15-4-2-1-3-5-15/h1-9,14,16H,10-13H2. The fraction of sp³-hybridized carbons (Fsp3) is 0.227. The summed E-state index contributed by atoms with van der Waals surface area (Å²) >= 11 is 12.3. The number of anilines is 1. The van der Waals surface area contributed by atoms with Gasteiger partial charge in [0.15, 0.2) is 5.78 Å². The second-order valence-corrected chi connectivity index (χ2v) is 7.84. The van der Waals surface area contributed by atoms with Crippen molar-refractivity contribution in [3.63, 3.8) is 0 Å². The molecule has 0 saturated carbocycles. The highest BCUT2D eigenvalue weighted by Crippen LogP contribution is 2.28. The van der Waals surface area contributed by atoms with Gasteiger partial charge in [0, 0.05) is 29.6 Å². The Morgan fingerprint density at radius 1 is 0.966 bits per heavy atom. The lowest BCUT2D eigenvalue weighted by Gasteiger charge is -2.33. The molecule has 1 fully saturated rings. The molecule has 0 spiro atoms. The molecule has 0 aliphatic carbocycles. The van der Waals surface area contributed by atoms with Gasteiger partial charge in [-0.2, -0.15) is 9.78 Å². The highest BCUT2D eigenvalue weighted by molar-refractivity contribution is 6.33. The van der Waals surface area contributed by atoms with Crippen molar-refractivity contribution in [3.05, 3.63) is 86.8 Å². The Morgan fingerprint density at radius 3 is 2.28 bits per heavy atom. The molecule has 1 saturated heterocycles. The van der Waals surface area contributed by atoms with E-state index in [4.69, 9.17) is 23.2 Å². The van der Waals surface area contributed by atoms with Gasteiger partial charge >= 0.3 is 0 Å². The maximum absolute atomic E-state index is 12.7. The first-order chi connectivity index (χ1) is 14.0. The van der Waals surface area contributed by atoms with Gasteiger partial charge in [-0.3, -0.25) is 9.59 Å². The number of carbonyl (C=O) groups excluding carboxylic acids is 1. The summed E-state index contributed by atoms with van der Waals surface area (Å²) in [6, 6.07) is 16.2. The lowest BCUT2D eigenvalue weighted by Crippen LogP contribution is -2.38. The van der Waals surface area contributed by atoms with E-state index in [9.17, 15) is 9.59 Å². The molecule has 29 heavy (non-hydrogen) atoms. The van der Waals surface area contributed by atoms with Crippen LogP contribution in [0.4, 0.5) is 5.69 Å². The minimum Gasteiger partial charge on any atom is -0.369 e. The largest absolute Gasteiger partial charge is 0.369 e. The van der Waals surface area contributed by atoms with Crippen LogP contribution in [0.15, 0.2) is 65.6 Å². The Labute approximate surface area is 178 Å². The van der Waals surface area contributed by atoms with Crippen LogP contribution >= 0.6 is 23.2 Å². The number of ketones is 1. The van der Waals surface area contributed by atoms with Crippen LogP contribution < -0.4 is 10.5 Å². The van der Waals surface area contributed by atoms with Crippen molar-refractivity contribution in [2.24, 2.45) is 5.92 Å². The molecular formula is C22H19Cl2N3O2. The zero-order valence-corrected chi connectivity index (χ0v) is 17.1. The number of benzene rings is 2. The van der Waals surface area contributed by atoms with Gasteiger partial charge in [0.05, 0.1) is 17.6 Å². The second kappa shape index (κ2) is 8.39. The predicted octanol–water partition coefficient (Wildman–Crippen LogP) is 4.64. The summed E-state index contributed by atoms with van der Waals surface area (Å²) in [4.78, 5) is 27.4. The molecule has 5 nitrogen and oxygen atoms in total. The maximum Gasteiger partial charge on any atom is 0.292 e. The SMILES string of the molecule is O=C(c1ccccc1)C1CCN(c2cnn(-c3ccc(Cl)cc3)c(=O)c2Cl)CC1. The van der Waals surface area contributed by atoms with Crippen LogP contribution in [0, 0.1) is 5.92 Å². The van der Waals surface area contributed by atoms with Crippen molar-refractivity contribution in [2.45, 2.75) is 12.8 Å². The highest BCUT2D eigenvalue weighted by Gasteiger charge is 2.27. The van der Waals surface area contributed by atoms with Crippen molar-refractivity contribution in [1.29, 1.82) is 0 Å². The topological polar surface area (TPSA) is 55.2 Å². The van der Waals surface area contributed by atoms with Crippen molar-refractivity contribution in [1.82, 2.24) is 9.78 Å². The number of hydrogen-bond acceptors (Lipinski definition) is 4. The lowest BCUT2D eigenvalue weighted by atomic mass is 9.89. The van der Waals surface area contributed by atoms with E-state index in [1.165, 1.54) is 4.68 Å². The molecule has 0 amide bonds. The van der Waals surface area contributed by atoms with Gasteiger partial charge in [0.25, 0.3) is 5.56 Å². The number of hydrogen-bond donors (Lipinski definition) is 0. The first-order valence-electron chi connectivity index (χ1n) is 9.42. The Morgan fingerprint density at radius 2 is 1.62 bits per heavy atom. The summed E-state index contributed by atoms with van der Waals surface area (Å²) < 4.78 is 1.26. The fourth-order valence-electron chi connectivity index (χ4n) is 3.63. The van der Waals surface area contributed by atoms with Crippen LogP contribution in [0.25, 0.3) is 5.69 Å². The van der Waals surface area contributed by atoms with Crippen molar-refractivity contribution >= 4 is 34.7 Å². The van der Waals surface area contributed by atoms with Gasteiger partial charge in [-0.05, 0) is 37.1 Å². The Hall–Kier alpha value is -2.63. The molecule has 0 radical (unpaired) electrons. The first kappa shape index (κ1) is 19.7. The Bertz CT molecular complexity index is 1070. The summed E-state index contributed by atoms with van der Waals surface area (Å²) in [5, 5.41) is 4.99. The molecule has 3 aromatic rings. The third-order valence-corrected chi connectivity index (χ3v) is 5.84. The molecule has 2 aromatic carbocycles. The number of piperidine rings is 1. The average Bonchev–Trinajstić information content (AvgIpc) is 2.77. The predicted molar refractivity (Wildman–Crippen MR) is 116 cm³/mol. The molecule has 0 N–H and O–H groups in total. The fourth-order valence-corrected chi connectivity index (χ4v) is 4.01. The molecule has 148 valence electrons. The second-order valence-electron chi connectivity index (χ2n) is 7.03. The van der Waals surface area contributed by atoms with Crippen LogP contribution in [0.1, 0.15) is 23.2 Å². The van der Waals surface area contributed by atoms with E-state index in [0.717, 1.165) is 5.56 Å². The number of halogens is 2. The molecule has 0 unspecified atom stereocenters. The number of carbonyl (C=O) groups is 1. The van der Waals surface area contributed by atoms with E-state index in [-0.39, 0.29) is 22.3 Å². The first-order valence-corrected chi connectivity index (χ1v) is 10.2.